The summed E-state index contributed by atoms with van der Waals surface area (Å²) in [6.45, 7) is 0. The Morgan fingerprint density at radius 3 is 3.05 bits per heavy atom. The molecule has 1 aromatic heterocycles. The fourth-order valence-corrected chi connectivity index (χ4v) is 2.46. The zero-order chi connectivity index (χ0) is 13.7. The number of aliphatic carboxylic acids is 1. The Morgan fingerprint density at radius 2 is 2.37 bits per heavy atom. The zero-order valence-corrected chi connectivity index (χ0v) is 11.3. The van der Waals surface area contributed by atoms with Gasteiger partial charge in [-0.15, -0.1) is 11.8 Å². The Hall–Kier alpha value is -2.01. The average molecular weight is 274 g/mol. The zero-order valence-electron chi connectivity index (χ0n) is 10.5. The van der Waals surface area contributed by atoms with Crippen LogP contribution in [0.5, 0.6) is 0 Å². The van der Waals surface area contributed by atoms with Gasteiger partial charge in [0, 0.05) is 30.0 Å². The normalized spacial score (nSPS) is 11.0. The summed E-state index contributed by atoms with van der Waals surface area (Å²) in [4.78, 5) is 11.6. The van der Waals surface area contributed by atoms with Gasteiger partial charge in [0.05, 0.1) is 6.20 Å². The third-order valence-electron chi connectivity index (χ3n) is 2.46. The maximum absolute atomic E-state index is 10.5. The molecule has 2 aromatic rings. The van der Waals surface area contributed by atoms with E-state index in [0.29, 0.717) is 0 Å². The van der Waals surface area contributed by atoms with Crippen molar-refractivity contribution in [1.29, 1.82) is 0 Å². The standard InChI is InChI=1S/C14H14N2O2S/c1-16-9-13(8-15-16)19-10-12-4-2-3-11(7-12)5-6-14(17)18/h2-9H,10H2,1H3,(H,17,18). The van der Waals surface area contributed by atoms with Gasteiger partial charge in [-0.2, -0.15) is 5.10 Å². The Balaban J connectivity index is 2.00. The van der Waals surface area contributed by atoms with Crippen LogP contribution in [0.25, 0.3) is 6.08 Å². The quantitative estimate of drug-likeness (QED) is 0.673. The smallest absolute Gasteiger partial charge is 0.328 e. The summed E-state index contributed by atoms with van der Waals surface area (Å²) in [6.07, 6.45) is 6.55. The van der Waals surface area contributed by atoms with Gasteiger partial charge in [-0.1, -0.05) is 24.3 Å². The van der Waals surface area contributed by atoms with Crippen LogP contribution in [0.4, 0.5) is 0 Å². The fourth-order valence-electron chi connectivity index (χ4n) is 1.59. The number of nitrogens with zero attached hydrogens (tertiary/aromatic N) is 2. The Bertz CT molecular complexity index is 605. The number of benzene rings is 1. The molecule has 0 aliphatic carbocycles. The van der Waals surface area contributed by atoms with Gasteiger partial charge in [0.2, 0.25) is 0 Å². The first-order chi connectivity index (χ1) is 9.13. The van der Waals surface area contributed by atoms with Crippen molar-refractivity contribution in [3.63, 3.8) is 0 Å². The number of carbonyl (C=O) groups is 1. The van der Waals surface area contributed by atoms with Gasteiger partial charge in [0.15, 0.2) is 0 Å². The van der Waals surface area contributed by atoms with E-state index in [2.05, 4.69) is 5.10 Å². The number of carboxylic acid groups (broad SMARTS) is 1. The minimum Gasteiger partial charge on any atom is -0.478 e. The summed E-state index contributed by atoms with van der Waals surface area (Å²) in [5, 5.41) is 12.7. The molecule has 0 radical (unpaired) electrons. The van der Waals surface area contributed by atoms with Crippen molar-refractivity contribution in [3.05, 3.63) is 53.9 Å². The number of hydrogen-bond acceptors (Lipinski definition) is 3. The SMILES string of the molecule is Cn1cc(SCc2cccc(C=CC(=O)O)c2)cn1. The van der Waals surface area contributed by atoms with Crippen LogP contribution < -0.4 is 0 Å². The second kappa shape index (κ2) is 6.24. The predicted molar refractivity (Wildman–Crippen MR) is 75.9 cm³/mol. The molecule has 5 heteroatoms. The van der Waals surface area contributed by atoms with Gasteiger partial charge < -0.3 is 5.11 Å². The van der Waals surface area contributed by atoms with Crippen molar-refractivity contribution < 1.29 is 9.90 Å². The van der Waals surface area contributed by atoms with Crippen LogP contribution in [-0.4, -0.2) is 20.9 Å². The number of hydrogen-bond donors (Lipinski definition) is 1. The molecule has 1 N–H and O–H groups in total. The van der Waals surface area contributed by atoms with E-state index in [0.717, 1.165) is 27.9 Å². The second-order valence-corrected chi connectivity index (χ2v) is 5.10. The molecule has 0 spiro atoms. The third kappa shape index (κ3) is 4.30. The van der Waals surface area contributed by atoms with Crippen LogP contribution in [0.1, 0.15) is 11.1 Å². The van der Waals surface area contributed by atoms with Crippen molar-refractivity contribution in [1.82, 2.24) is 9.78 Å². The Labute approximate surface area is 115 Å². The van der Waals surface area contributed by atoms with Gasteiger partial charge in [0.25, 0.3) is 0 Å². The van der Waals surface area contributed by atoms with E-state index in [1.807, 2.05) is 43.7 Å². The van der Waals surface area contributed by atoms with Gasteiger partial charge in [-0.05, 0) is 17.2 Å². The maximum atomic E-state index is 10.5. The first kappa shape index (κ1) is 13.4. The lowest BCUT2D eigenvalue weighted by atomic mass is 10.1. The number of carboxylic acids is 1. The Morgan fingerprint density at radius 1 is 1.53 bits per heavy atom. The van der Waals surface area contributed by atoms with Crippen molar-refractivity contribution in [2.75, 3.05) is 0 Å². The number of rotatable bonds is 5. The van der Waals surface area contributed by atoms with E-state index in [-0.39, 0.29) is 0 Å². The summed E-state index contributed by atoms with van der Waals surface area (Å²) >= 11 is 1.70. The van der Waals surface area contributed by atoms with Crippen LogP contribution in [0.15, 0.2) is 47.6 Å². The van der Waals surface area contributed by atoms with E-state index in [1.165, 1.54) is 0 Å². The van der Waals surface area contributed by atoms with Gasteiger partial charge in [0.1, 0.15) is 0 Å². The van der Waals surface area contributed by atoms with Crippen LogP contribution in [-0.2, 0) is 17.6 Å². The monoisotopic (exact) mass is 274 g/mol. The molecule has 98 valence electrons. The number of aryl methyl sites for hydroxylation is 1. The molecule has 4 nitrogen and oxygen atoms in total. The van der Waals surface area contributed by atoms with Crippen molar-refractivity contribution in [2.45, 2.75) is 10.6 Å². The molecule has 19 heavy (non-hydrogen) atoms. The number of thioether (sulfide) groups is 1. The lowest BCUT2D eigenvalue weighted by Gasteiger charge is -2.01. The molecule has 2 rings (SSSR count). The van der Waals surface area contributed by atoms with Crippen molar-refractivity contribution >= 4 is 23.8 Å². The predicted octanol–water partition coefficient (Wildman–Crippen LogP) is 2.81. The molecule has 0 amide bonds. The van der Waals surface area contributed by atoms with Crippen LogP contribution in [0, 0.1) is 0 Å². The van der Waals surface area contributed by atoms with Gasteiger partial charge in [-0.25, -0.2) is 4.79 Å². The first-order valence-electron chi connectivity index (χ1n) is 5.75. The van der Waals surface area contributed by atoms with E-state index in [9.17, 15) is 4.79 Å². The summed E-state index contributed by atoms with van der Waals surface area (Å²) < 4.78 is 1.77. The molecule has 0 unspecified atom stereocenters. The topological polar surface area (TPSA) is 55.1 Å². The molecule has 0 saturated carbocycles. The summed E-state index contributed by atoms with van der Waals surface area (Å²) in [5.41, 5.74) is 2.05. The fraction of sp³-hybridized carbons (Fsp3) is 0.143. The summed E-state index contributed by atoms with van der Waals surface area (Å²) in [7, 11) is 1.89. The summed E-state index contributed by atoms with van der Waals surface area (Å²) in [5.74, 6) is -0.101. The highest BCUT2D eigenvalue weighted by atomic mass is 32.2. The lowest BCUT2D eigenvalue weighted by Crippen LogP contribution is -1.86. The largest absolute Gasteiger partial charge is 0.478 e. The van der Waals surface area contributed by atoms with Crippen molar-refractivity contribution in [3.8, 4) is 0 Å². The molecule has 0 fully saturated rings. The highest BCUT2D eigenvalue weighted by Gasteiger charge is 1.99. The number of aromatic nitrogens is 2. The van der Waals surface area contributed by atoms with Crippen molar-refractivity contribution in [2.24, 2.45) is 7.05 Å². The lowest BCUT2D eigenvalue weighted by molar-refractivity contribution is -0.131. The molecule has 0 aliphatic rings. The minimum absolute atomic E-state index is 0.834. The molecular weight excluding hydrogens is 260 g/mol. The molecule has 1 heterocycles. The highest BCUT2D eigenvalue weighted by molar-refractivity contribution is 7.98. The first-order valence-corrected chi connectivity index (χ1v) is 6.73. The second-order valence-electron chi connectivity index (χ2n) is 4.05. The molecular formula is C14H14N2O2S. The van der Waals surface area contributed by atoms with E-state index in [1.54, 1.807) is 22.5 Å². The van der Waals surface area contributed by atoms with Crippen LogP contribution >= 0.6 is 11.8 Å². The van der Waals surface area contributed by atoms with Gasteiger partial charge in [-0.3, -0.25) is 4.68 Å². The van der Waals surface area contributed by atoms with Crippen LogP contribution in [0.3, 0.4) is 0 Å². The van der Waals surface area contributed by atoms with E-state index < -0.39 is 5.97 Å². The minimum atomic E-state index is -0.935. The Kier molecular flexibility index (Phi) is 4.41. The maximum Gasteiger partial charge on any atom is 0.328 e. The average Bonchev–Trinajstić information content (AvgIpc) is 2.80. The highest BCUT2D eigenvalue weighted by Crippen LogP contribution is 2.22. The molecule has 0 atom stereocenters. The molecule has 0 aliphatic heterocycles. The molecule has 1 aromatic carbocycles. The molecule has 0 saturated heterocycles. The molecule has 0 bridgehead atoms. The van der Waals surface area contributed by atoms with Crippen LogP contribution in [0.2, 0.25) is 0 Å². The van der Waals surface area contributed by atoms with E-state index in [4.69, 9.17) is 5.11 Å². The summed E-state index contributed by atoms with van der Waals surface area (Å²) in [6, 6.07) is 7.84. The van der Waals surface area contributed by atoms with Gasteiger partial charge >= 0.3 is 5.97 Å². The third-order valence-corrected chi connectivity index (χ3v) is 3.48. The van der Waals surface area contributed by atoms with E-state index >= 15 is 0 Å².